The SMILES string of the molecule is CS(=O)(=O)c1cc(C(=O)NCCN2C(=O)S/C(=C\c3ccccc3F)C2=O)cc([N+](=O)[O-])c1. The van der Waals surface area contributed by atoms with Gasteiger partial charge >= 0.3 is 0 Å². The Labute approximate surface area is 191 Å². The van der Waals surface area contributed by atoms with Crippen LogP contribution in [0.4, 0.5) is 14.9 Å². The van der Waals surface area contributed by atoms with Crippen LogP contribution in [-0.2, 0) is 14.6 Å². The summed E-state index contributed by atoms with van der Waals surface area (Å²) in [7, 11) is -3.82. The topological polar surface area (TPSA) is 144 Å². The number of nitro benzene ring substituents is 1. The van der Waals surface area contributed by atoms with Gasteiger partial charge in [0, 0.05) is 42.6 Å². The molecule has 2 aromatic carbocycles. The third-order valence-corrected chi connectivity index (χ3v) is 6.48. The predicted octanol–water partition coefficient (Wildman–Crippen LogP) is 2.60. The normalized spacial score (nSPS) is 15.2. The van der Waals surface area contributed by atoms with Gasteiger partial charge in [0.1, 0.15) is 5.82 Å². The first-order chi connectivity index (χ1) is 15.5. The molecule has 0 aliphatic carbocycles. The number of nitrogens with one attached hydrogen (secondary N) is 1. The van der Waals surface area contributed by atoms with Crippen LogP contribution in [0.2, 0.25) is 0 Å². The summed E-state index contributed by atoms with van der Waals surface area (Å²) in [6.07, 6.45) is 2.11. The molecular formula is C20H16FN3O7S2. The van der Waals surface area contributed by atoms with Crippen LogP contribution in [0.1, 0.15) is 15.9 Å². The first kappa shape index (κ1) is 24.1. The number of sulfone groups is 1. The number of imide groups is 1. The lowest BCUT2D eigenvalue weighted by molar-refractivity contribution is -0.385. The molecule has 0 atom stereocenters. The number of hydrogen-bond acceptors (Lipinski definition) is 8. The van der Waals surface area contributed by atoms with Crippen molar-refractivity contribution in [1.82, 2.24) is 10.2 Å². The summed E-state index contributed by atoms with van der Waals surface area (Å²) >= 11 is 0.628. The zero-order chi connectivity index (χ0) is 24.3. The van der Waals surface area contributed by atoms with Gasteiger partial charge in [-0.25, -0.2) is 12.8 Å². The highest BCUT2D eigenvalue weighted by Gasteiger charge is 2.35. The summed E-state index contributed by atoms with van der Waals surface area (Å²) in [4.78, 5) is 47.8. The monoisotopic (exact) mass is 493 g/mol. The van der Waals surface area contributed by atoms with Crippen LogP contribution in [0, 0.1) is 15.9 Å². The van der Waals surface area contributed by atoms with Gasteiger partial charge in [0.15, 0.2) is 9.84 Å². The standard InChI is InChI=1S/C20H16FN3O7S2/c1-33(30,31)15-9-13(8-14(11-15)24(28)29)18(25)22-6-7-23-19(26)17(32-20(23)27)10-12-4-2-3-5-16(12)21/h2-5,8-11H,6-7H2,1H3,(H,22,25)/b17-10-. The molecule has 0 radical (unpaired) electrons. The second-order valence-corrected chi connectivity index (χ2v) is 9.86. The number of nitro groups is 1. The molecular weight excluding hydrogens is 477 g/mol. The molecule has 1 heterocycles. The van der Waals surface area contributed by atoms with Crippen LogP contribution in [0.3, 0.4) is 0 Å². The minimum Gasteiger partial charge on any atom is -0.350 e. The van der Waals surface area contributed by atoms with Crippen LogP contribution < -0.4 is 5.32 Å². The summed E-state index contributed by atoms with van der Waals surface area (Å²) in [5.41, 5.74) is -0.700. The van der Waals surface area contributed by atoms with Crippen molar-refractivity contribution in [1.29, 1.82) is 0 Å². The highest BCUT2D eigenvalue weighted by molar-refractivity contribution is 8.18. The van der Waals surface area contributed by atoms with Crippen molar-refractivity contribution < 1.29 is 32.1 Å². The number of carbonyl (C=O) groups is 3. The van der Waals surface area contributed by atoms with Crippen molar-refractivity contribution in [3.05, 3.63) is 74.4 Å². The summed E-state index contributed by atoms with van der Waals surface area (Å²) in [5, 5.41) is 12.9. The van der Waals surface area contributed by atoms with Gasteiger partial charge in [0.05, 0.1) is 14.7 Å². The maximum Gasteiger partial charge on any atom is 0.293 e. The quantitative estimate of drug-likeness (QED) is 0.352. The molecule has 172 valence electrons. The van der Waals surface area contributed by atoms with Crippen molar-refractivity contribution >= 4 is 50.4 Å². The minimum absolute atomic E-state index is 0.0212. The molecule has 0 aromatic heterocycles. The summed E-state index contributed by atoms with van der Waals surface area (Å²) in [5.74, 6) is -2.03. The molecule has 13 heteroatoms. The molecule has 0 bridgehead atoms. The van der Waals surface area contributed by atoms with Crippen LogP contribution >= 0.6 is 11.8 Å². The second-order valence-electron chi connectivity index (χ2n) is 6.86. The Bertz CT molecular complexity index is 1310. The molecule has 0 spiro atoms. The van der Waals surface area contributed by atoms with E-state index in [1.165, 1.54) is 24.3 Å². The van der Waals surface area contributed by atoms with E-state index in [0.717, 1.165) is 29.4 Å². The summed E-state index contributed by atoms with van der Waals surface area (Å²) in [6, 6.07) is 8.49. The van der Waals surface area contributed by atoms with Gasteiger partial charge in [-0.15, -0.1) is 0 Å². The average Bonchev–Trinajstić information content (AvgIpc) is 3.01. The maximum atomic E-state index is 13.8. The highest BCUT2D eigenvalue weighted by Crippen LogP contribution is 2.32. The third-order valence-electron chi connectivity index (χ3n) is 4.48. The van der Waals surface area contributed by atoms with Crippen molar-refractivity contribution in [3.63, 3.8) is 0 Å². The highest BCUT2D eigenvalue weighted by atomic mass is 32.2. The van der Waals surface area contributed by atoms with Gasteiger partial charge in [-0.2, -0.15) is 0 Å². The fourth-order valence-electron chi connectivity index (χ4n) is 2.84. The number of carbonyl (C=O) groups excluding carboxylic acids is 3. The molecule has 1 aliphatic rings. The fraction of sp³-hybridized carbons (Fsp3) is 0.150. The van der Waals surface area contributed by atoms with Crippen LogP contribution in [0.15, 0.2) is 52.3 Å². The van der Waals surface area contributed by atoms with Crippen molar-refractivity contribution in [3.8, 4) is 0 Å². The van der Waals surface area contributed by atoms with Gasteiger partial charge in [-0.1, -0.05) is 18.2 Å². The van der Waals surface area contributed by atoms with Gasteiger partial charge in [-0.05, 0) is 30.0 Å². The molecule has 1 fully saturated rings. The van der Waals surface area contributed by atoms with Crippen LogP contribution in [0.25, 0.3) is 6.08 Å². The maximum absolute atomic E-state index is 13.8. The van der Waals surface area contributed by atoms with Crippen LogP contribution in [-0.4, -0.2) is 54.6 Å². The Kier molecular flexibility index (Phi) is 6.93. The number of amides is 3. The number of rotatable bonds is 7. The number of benzene rings is 2. The first-order valence-corrected chi connectivity index (χ1v) is 12.0. The van der Waals surface area contributed by atoms with Crippen molar-refractivity contribution in [2.75, 3.05) is 19.3 Å². The Hall–Kier alpha value is -3.58. The lowest BCUT2D eigenvalue weighted by atomic mass is 10.2. The molecule has 3 rings (SSSR count). The Balaban J connectivity index is 1.69. The Morgan fingerprint density at radius 3 is 2.58 bits per heavy atom. The molecule has 1 N–H and O–H groups in total. The number of halogens is 1. The zero-order valence-electron chi connectivity index (χ0n) is 17.0. The fourth-order valence-corrected chi connectivity index (χ4v) is 4.38. The molecule has 1 aliphatic heterocycles. The van der Waals surface area contributed by atoms with E-state index < -0.39 is 48.2 Å². The number of thioether (sulfide) groups is 1. The molecule has 33 heavy (non-hydrogen) atoms. The zero-order valence-corrected chi connectivity index (χ0v) is 18.6. The van der Waals surface area contributed by atoms with Gasteiger partial charge in [0.25, 0.3) is 22.7 Å². The van der Waals surface area contributed by atoms with E-state index in [1.807, 2.05) is 0 Å². The lowest BCUT2D eigenvalue weighted by Crippen LogP contribution is -2.37. The van der Waals surface area contributed by atoms with Crippen molar-refractivity contribution in [2.24, 2.45) is 0 Å². The average molecular weight is 493 g/mol. The van der Waals surface area contributed by atoms with E-state index in [2.05, 4.69) is 5.32 Å². The molecule has 1 saturated heterocycles. The molecule has 2 aromatic rings. The lowest BCUT2D eigenvalue weighted by Gasteiger charge is -2.13. The molecule has 10 nitrogen and oxygen atoms in total. The first-order valence-electron chi connectivity index (χ1n) is 9.25. The molecule has 0 unspecified atom stereocenters. The van der Waals surface area contributed by atoms with E-state index in [1.54, 1.807) is 6.07 Å². The van der Waals surface area contributed by atoms with E-state index in [0.29, 0.717) is 11.8 Å². The molecule has 3 amide bonds. The summed E-state index contributed by atoms with van der Waals surface area (Å²) < 4.78 is 37.3. The van der Waals surface area contributed by atoms with E-state index in [4.69, 9.17) is 0 Å². The smallest absolute Gasteiger partial charge is 0.293 e. The number of non-ortho nitro benzene ring substituents is 1. The number of nitrogens with zero attached hydrogens (tertiary/aromatic N) is 2. The largest absolute Gasteiger partial charge is 0.350 e. The summed E-state index contributed by atoms with van der Waals surface area (Å²) in [6.45, 7) is -0.403. The third kappa shape index (κ3) is 5.62. The van der Waals surface area contributed by atoms with Gasteiger partial charge in [-0.3, -0.25) is 29.4 Å². The number of hydrogen-bond donors (Lipinski definition) is 1. The predicted molar refractivity (Wildman–Crippen MR) is 118 cm³/mol. The van der Waals surface area contributed by atoms with Gasteiger partial charge in [0.2, 0.25) is 0 Å². The Morgan fingerprint density at radius 2 is 1.94 bits per heavy atom. The second kappa shape index (κ2) is 9.50. The minimum atomic E-state index is -3.82. The van der Waals surface area contributed by atoms with Gasteiger partial charge < -0.3 is 5.32 Å². The van der Waals surface area contributed by atoms with E-state index in [-0.39, 0.29) is 29.1 Å². The van der Waals surface area contributed by atoms with Crippen molar-refractivity contribution in [2.45, 2.75) is 4.90 Å². The van der Waals surface area contributed by atoms with E-state index >= 15 is 0 Å². The van der Waals surface area contributed by atoms with E-state index in [9.17, 15) is 37.3 Å². The Morgan fingerprint density at radius 1 is 1.24 bits per heavy atom. The van der Waals surface area contributed by atoms with Crippen LogP contribution in [0.5, 0.6) is 0 Å². The molecule has 0 saturated carbocycles.